The average Bonchev–Trinajstić information content (AvgIpc) is 2.74. The van der Waals surface area contributed by atoms with Crippen LogP contribution in [0.4, 0.5) is 0 Å². The summed E-state index contributed by atoms with van der Waals surface area (Å²) in [5, 5.41) is 22.2. The van der Waals surface area contributed by atoms with E-state index in [1.54, 1.807) is 6.08 Å². The second-order valence-corrected chi connectivity index (χ2v) is 8.67. The van der Waals surface area contributed by atoms with Crippen molar-refractivity contribution >= 4 is 11.6 Å². The zero-order chi connectivity index (χ0) is 16.6. The van der Waals surface area contributed by atoms with Gasteiger partial charge in [0.25, 0.3) is 0 Å². The number of ketones is 2. The van der Waals surface area contributed by atoms with E-state index in [2.05, 4.69) is 6.92 Å². The molecule has 0 aromatic carbocycles. The van der Waals surface area contributed by atoms with Crippen LogP contribution in [0.25, 0.3) is 0 Å². The molecule has 0 amide bonds. The van der Waals surface area contributed by atoms with Crippen molar-refractivity contribution in [3.63, 3.8) is 0 Å². The van der Waals surface area contributed by atoms with Crippen molar-refractivity contribution in [3.05, 3.63) is 11.6 Å². The van der Waals surface area contributed by atoms with Gasteiger partial charge in [-0.3, -0.25) is 9.59 Å². The molecule has 0 heterocycles. The summed E-state index contributed by atoms with van der Waals surface area (Å²) >= 11 is 0. The van der Waals surface area contributed by atoms with Gasteiger partial charge in [-0.15, -0.1) is 0 Å². The molecule has 0 spiro atoms. The fourth-order valence-electron chi connectivity index (χ4n) is 6.33. The second-order valence-electron chi connectivity index (χ2n) is 8.67. The van der Waals surface area contributed by atoms with Crippen molar-refractivity contribution in [2.24, 2.45) is 22.7 Å². The number of Topliss-reactive ketones (excluding diaryl/α,β-unsaturated/α-hetero) is 1. The zero-order valence-corrected chi connectivity index (χ0v) is 14.0. The van der Waals surface area contributed by atoms with Gasteiger partial charge < -0.3 is 10.2 Å². The molecule has 23 heavy (non-hydrogen) atoms. The van der Waals surface area contributed by atoms with Crippen LogP contribution in [0.3, 0.4) is 0 Å². The fourth-order valence-corrected chi connectivity index (χ4v) is 6.33. The van der Waals surface area contributed by atoms with E-state index in [1.807, 2.05) is 6.92 Å². The van der Waals surface area contributed by atoms with E-state index in [0.717, 1.165) is 24.8 Å². The highest BCUT2D eigenvalue weighted by atomic mass is 16.3. The molecular weight excluding hydrogens is 292 g/mol. The summed E-state index contributed by atoms with van der Waals surface area (Å²) in [5.74, 6) is 0.468. The Morgan fingerprint density at radius 2 is 1.83 bits per heavy atom. The van der Waals surface area contributed by atoms with E-state index in [1.165, 1.54) is 0 Å². The number of hydrogen-bond donors (Lipinski definition) is 2. The Hall–Kier alpha value is -1.00. The van der Waals surface area contributed by atoms with Gasteiger partial charge in [-0.2, -0.15) is 0 Å². The van der Waals surface area contributed by atoms with Gasteiger partial charge in [0.2, 0.25) is 0 Å². The molecule has 0 unspecified atom stereocenters. The predicted octanol–water partition coefficient (Wildman–Crippen LogP) is 2.17. The first-order valence-corrected chi connectivity index (χ1v) is 8.91. The lowest BCUT2D eigenvalue weighted by Crippen LogP contribution is -2.62. The lowest BCUT2D eigenvalue weighted by molar-refractivity contribution is -0.186. The van der Waals surface area contributed by atoms with Crippen LogP contribution in [0, 0.1) is 22.7 Å². The maximum absolute atomic E-state index is 12.4. The van der Waals surface area contributed by atoms with Gasteiger partial charge in [0.05, 0.1) is 17.1 Å². The fraction of sp³-hybridized carbons (Fsp3) is 0.789. The molecule has 0 aromatic rings. The number of aliphatic hydroxyl groups excluding tert-OH is 1. The lowest BCUT2D eigenvalue weighted by Gasteiger charge is -2.60. The third kappa shape index (κ3) is 1.74. The molecule has 0 aromatic heterocycles. The topological polar surface area (TPSA) is 74.6 Å². The largest absolute Gasteiger partial charge is 0.389 e. The number of rotatable bonds is 0. The van der Waals surface area contributed by atoms with Gasteiger partial charge in [-0.25, -0.2) is 0 Å². The van der Waals surface area contributed by atoms with Crippen molar-refractivity contribution in [3.8, 4) is 0 Å². The first kappa shape index (κ1) is 15.5. The standard InChI is InChI=1S/C19H26O4/c1-17-6-3-11(20)9-14(17)15(21)10-13-12(17)4-7-18(2)16(22)5-8-19(13,18)23/h9,12-13,15,21,23H,3-8,10H2,1-2H3/t12-,13+,15+,17+,18+,19+/m0/s1. The molecule has 4 nitrogen and oxygen atoms in total. The van der Waals surface area contributed by atoms with Crippen molar-refractivity contribution < 1.29 is 19.8 Å². The number of aliphatic hydroxyl groups is 2. The summed E-state index contributed by atoms with van der Waals surface area (Å²) in [5.41, 5.74) is -1.01. The SMILES string of the molecule is C[C@]12CCC(=O)C=C1[C@H](O)C[C@@H]1[C@@H]2CC[C@]2(C)C(=O)CC[C@@]12O. The highest BCUT2D eigenvalue weighted by Crippen LogP contribution is 2.65. The normalized spacial score (nSPS) is 52.5. The predicted molar refractivity (Wildman–Crippen MR) is 84.6 cm³/mol. The highest BCUT2D eigenvalue weighted by Gasteiger charge is 2.67. The number of fused-ring (bicyclic) bond motifs is 5. The molecule has 4 rings (SSSR count). The second kappa shape index (κ2) is 4.54. The molecule has 3 fully saturated rings. The molecule has 4 aliphatic carbocycles. The van der Waals surface area contributed by atoms with Crippen molar-refractivity contribution in [2.75, 3.05) is 0 Å². The minimum atomic E-state index is -0.996. The van der Waals surface area contributed by atoms with E-state index in [0.29, 0.717) is 25.7 Å². The van der Waals surface area contributed by atoms with Gasteiger partial charge in [-0.05, 0) is 67.9 Å². The Bertz CT molecular complexity index is 623. The summed E-state index contributed by atoms with van der Waals surface area (Å²) in [6.45, 7) is 4.07. The Kier molecular flexibility index (Phi) is 3.07. The Morgan fingerprint density at radius 1 is 1.09 bits per heavy atom. The van der Waals surface area contributed by atoms with Gasteiger partial charge in [0.1, 0.15) is 5.78 Å². The molecule has 0 bridgehead atoms. The van der Waals surface area contributed by atoms with Crippen LogP contribution in [0.15, 0.2) is 11.6 Å². The van der Waals surface area contributed by atoms with Crippen molar-refractivity contribution in [1.82, 2.24) is 0 Å². The number of hydrogen-bond acceptors (Lipinski definition) is 4. The maximum Gasteiger partial charge on any atom is 0.155 e. The van der Waals surface area contributed by atoms with Crippen LogP contribution in [0.2, 0.25) is 0 Å². The van der Waals surface area contributed by atoms with Crippen LogP contribution in [0.5, 0.6) is 0 Å². The Morgan fingerprint density at radius 3 is 2.57 bits per heavy atom. The third-order valence-electron chi connectivity index (χ3n) is 7.88. The van der Waals surface area contributed by atoms with Crippen LogP contribution >= 0.6 is 0 Å². The minimum Gasteiger partial charge on any atom is -0.389 e. The van der Waals surface area contributed by atoms with Crippen LogP contribution in [0.1, 0.15) is 58.8 Å². The Balaban J connectivity index is 1.80. The minimum absolute atomic E-state index is 0.0574. The Labute approximate surface area is 137 Å². The molecule has 126 valence electrons. The first-order chi connectivity index (χ1) is 10.7. The monoisotopic (exact) mass is 318 g/mol. The van der Waals surface area contributed by atoms with Gasteiger partial charge in [0, 0.05) is 12.8 Å². The van der Waals surface area contributed by atoms with Gasteiger partial charge in [-0.1, -0.05) is 6.92 Å². The molecule has 0 aliphatic heterocycles. The summed E-state index contributed by atoms with van der Waals surface area (Å²) in [6.07, 6.45) is 5.30. The first-order valence-electron chi connectivity index (χ1n) is 8.91. The smallest absolute Gasteiger partial charge is 0.155 e. The van der Waals surface area contributed by atoms with Gasteiger partial charge in [0.15, 0.2) is 5.78 Å². The third-order valence-corrected chi connectivity index (χ3v) is 7.88. The average molecular weight is 318 g/mol. The summed E-state index contributed by atoms with van der Waals surface area (Å²) < 4.78 is 0. The summed E-state index contributed by atoms with van der Waals surface area (Å²) in [7, 11) is 0. The molecular formula is C19H26O4. The van der Waals surface area contributed by atoms with E-state index >= 15 is 0 Å². The van der Waals surface area contributed by atoms with E-state index in [4.69, 9.17) is 0 Å². The van der Waals surface area contributed by atoms with Crippen molar-refractivity contribution in [2.45, 2.75) is 70.5 Å². The zero-order valence-electron chi connectivity index (χ0n) is 14.0. The summed E-state index contributed by atoms with van der Waals surface area (Å²) in [4.78, 5) is 24.2. The van der Waals surface area contributed by atoms with E-state index < -0.39 is 17.1 Å². The van der Waals surface area contributed by atoms with E-state index in [-0.39, 0.29) is 28.8 Å². The molecule has 4 heteroatoms. The molecule has 0 saturated heterocycles. The quantitative estimate of drug-likeness (QED) is 0.718. The molecule has 2 N–H and O–H groups in total. The van der Waals surface area contributed by atoms with Gasteiger partial charge >= 0.3 is 0 Å². The van der Waals surface area contributed by atoms with Crippen LogP contribution in [-0.2, 0) is 9.59 Å². The van der Waals surface area contributed by atoms with Crippen molar-refractivity contribution in [1.29, 1.82) is 0 Å². The highest BCUT2D eigenvalue weighted by molar-refractivity contribution is 5.92. The molecule has 6 atom stereocenters. The van der Waals surface area contributed by atoms with E-state index in [9.17, 15) is 19.8 Å². The number of carbonyl (C=O) groups is 2. The number of carbonyl (C=O) groups excluding carboxylic acids is 2. The molecule has 0 radical (unpaired) electrons. The summed E-state index contributed by atoms with van der Waals surface area (Å²) in [6, 6.07) is 0. The maximum atomic E-state index is 12.4. The van der Waals surface area contributed by atoms with Crippen LogP contribution < -0.4 is 0 Å². The molecule has 4 aliphatic rings. The molecule has 3 saturated carbocycles. The lowest BCUT2D eigenvalue weighted by atomic mass is 9.45. The van der Waals surface area contributed by atoms with Crippen LogP contribution in [-0.4, -0.2) is 33.5 Å².